The van der Waals surface area contributed by atoms with Gasteiger partial charge in [0.1, 0.15) is 5.69 Å². The van der Waals surface area contributed by atoms with Crippen molar-refractivity contribution in [3.05, 3.63) is 136 Å². The highest BCUT2D eigenvalue weighted by atomic mass is 35.5. The molecule has 9 nitrogen and oxygen atoms in total. The quantitative estimate of drug-likeness (QED) is 0.108. The van der Waals surface area contributed by atoms with Gasteiger partial charge in [0.05, 0.1) is 17.4 Å². The molecule has 3 heterocycles. The van der Waals surface area contributed by atoms with E-state index in [4.69, 9.17) is 28.2 Å². The lowest BCUT2D eigenvalue weighted by Gasteiger charge is -2.34. The average molecular weight is 737 g/mol. The Bertz CT molecular complexity index is 2090. The van der Waals surface area contributed by atoms with Crippen LogP contribution in [0.4, 0.5) is 16.3 Å². The number of carbonyl (C=O) groups is 2. The van der Waals surface area contributed by atoms with Crippen molar-refractivity contribution in [1.82, 2.24) is 25.5 Å². The van der Waals surface area contributed by atoms with Crippen molar-refractivity contribution in [2.24, 2.45) is 0 Å². The van der Waals surface area contributed by atoms with E-state index in [-0.39, 0.29) is 24.0 Å². The normalized spacial score (nSPS) is 14.4. The molecule has 0 spiro atoms. The van der Waals surface area contributed by atoms with Crippen LogP contribution in [0.5, 0.6) is 0 Å². The summed E-state index contributed by atoms with van der Waals surface area (Å²) in [5.74, 6) is 0.346. The van der Waals surface area contributed by atoms with Crippen molar-refractivity contribution in [2.75, 3.05) is 29.9 Å². The molecule has 3 aromatic carbocycles. The number of hydrogen-bond acceptors (Lipinski definition) is 5. The number of fused-ring (bicyclic) bond motifs is 1. The number of allylic oxidation sites excluding steroid dienone is 1. The maximum atomic E-state index is 14.7. The van der Waals surface area contributed by atoms with Crippen molar-refractivity contribution in [2.45, 2.75) is 45.7 Å². The Hall–Kier alpha value is -5.25. The van der Waals surface area contributed by atoms with Crippen molar-refractivity contribution in [3.8, 4) is 0 Å². The first-order chi connectivity index (χ1) is 25.2. The second kappa shape index (κ2) is 16.4. The third kappa shape index (κ3) is 7.96. The number of pyridine rings is 1. The van der Waals surface area contributed by atoms with E-state index in [1.807, 2.05) is 79.7 Å². The fraction of sp³-hybridized carbons (Fsp3) is 0.244. The molecule has 0 bridgehead atoms. The van der Waals surface area contributed by atoms with Gasteiger partial charge >= 0.3 is 6.03 Å². The molecule has 0 aliphatic carbocycles. The fourth-order valence-electron chi connectivity index (χ4n) is 6.83. The van der Waals surface area contributed by atoms with E-state index in [0.717, 1.165) is 46.1 Å². The number of nitrogens with zero attached hydrogens (tertiary/aromatic N) is 3. The lowest BCUT2D eigenvalue weighted by atomic mass is 9.95. The minimum Gasteiger partial charge on any atom is -0.355 e. The van der Waals surface area contributed by atoms with Crippen molar-refractivity contribution in [3.63, 3.8) is 0 Å². The van der Waals surface area contributed by atoms with Crippen LogP contribution < -0.4 is 20.9 Å². The minimum absolute atomic E-state index is 0.0615. The van der Waals surface area contributed by atoms with Gasteiger partial charge in [-0.1, -0.05) is 78.3 Å². The van der Waals surface area contributed by atoms with Gasteiger partial charge < -0.3 is 30.7 Å². The van der Waals surface area contributed by atoms with Crippen LogP contribution in [-0.4, -0.2) is 52.5 Å². The summed E-state index contributed by atoms with van der Waals surface area (Å²) >= 11 is 12.8. The number of carbonyl (C=O) groups excluding carboxylic acids is 2. The topological polar surface area (TPSA) is 105 Å². The molecule has 1 saturated heterocycles. The summed E-state index contributed by atoms with van der Waals surface area (Å²) in [6.07, 6.45) is 5.04. The van der Waals surface area contributed by atoms with E-state index in [9.17, 15) is 9.59 Å². The number of hydrogen-bond donors (Lipinski definition) is 4. The number of piperidine rings is 1. The highest BCUT2D eigenvalue weighted by molar-refractivity contribution is 6.31. The third-order valence-electron chi connectivity index (χ3n) is 9.51. The van der Waals surface area contributed by atoms with Crippen LogP contribution in [0, 0.1) is 0 Å². The van der Waals surface area contributed by atoms with Crippen LogP contribution in [-0.2, 0) is 0 Å². The van der Waals surface area contributed by atoms with Gasteiger partial charge in [0.25, 0.3) is 5.91 Å². The number of anilines is 2. The molecule has 4 N–H and O–H groups in total. The highest BCUT2D eigenvalue weighted by Crippen LogP contribution is 2.41. The lowest BCUT2D eigenvalue weighted by molar-refractivity contribution is 0.102. The number of urea groups is 1. The number of halogens is 2. The zero-order valence-corrected chi connectivity index (χ0v) is 31.1. The summed E-state index contributed by atoms with van der Waals surface area (Å²) in [5.41, 5.74) is 6.20. The Morgan fingerprint density at radius 2 is 1.73 bits per heavy atom. The molecule has 3 amide bonds. The zero-order valence-electron chi connectivity index (χ0n) is 29.5. The maximum Gasteiger partial charge on any atom is 0.314 e. The third-order valence-corrected chi connectivity index (χ3v) is 10.0. The molecule has 1 atom stereocenters. The zero-order chi connectivity index (χ0) is 36.8. The summed E-state index contributed by atoms with van der Waals surface area (Å²) in [6, 6.07) is 26.9. The number of nitrogens with one attached hydrogen (secondary N) is 4. The van der Waals surface area contributed by atoms with Crippen molar-refractivity contribution >= 4 is 68.8 Å². The Kier molecular flexibility index (Phi) is 11.5. The average Bonchev–Trinajstić information content (AvgIpc) is 3.53. The second-order valence-corrected chi connectivity index (χ2v) is 13.7. The van der Waals surface area contributed by atoms with E-state index in [0.29, 0.717) is 52.4 Å². The van der Waals surface area contributed by atoms with Gasteiger partial charge in [-0.25, -0.2) is 9.78 Å². The van der Waals surface area contributed by atoms with Gasteiger partial charge in [-0.15, -0.1) is 0 Å². The van der Waals surface area contributed by atoms with Gasteiger partial charge in [0.15, 0.2) is 5.82 Å². The predicted octanol–water partition coefficient (Wildman–Crippen LogP) is 9.50. The molecule has 0 radical (unpaired) electrons. The SMILES string of the molecule is C=CN(/C(=C(\C)c1ccccc1)c1c(C(=O)Nc2cccnc2N2CCC(NC(=O)NCC)CC2)[nH]c2cc(Cl)ccc12)C(C)c1ccc(Cl)cc1. The monoisotopic (exact) mass is 735 g/mol. The van der Waals surface area contributed by atoms with Crippen molar-refractivity contribution in [1.29, 1.82) is 0 Å². The number of H-pyrrole nitrogens is 1. The van der Waals surface area contributed by atoms with Crippen LogP contribution in [0.3, 0.4) is 0 Å². The number of aromatic amines is 1. The molecule has 52 heavy (non-hydrogen) atoms. The summed E-state index contributed by atoms with van der Waals surface area (Å²) in [4.78, 5) is 39.1. The number of amides is 3. The van der Waals surface area contributed by atoms with Crippen LogP contribution in [0.25, 0.3) is 22.2 Å². The van der Waals surface area contributed by atoms with E-state index >= 15 is 0 Å². The molecule has 1 aliphatic rings. The van der Waals surface area contributed by atoms with Crippen LogP contribution in [0.15, 0.2) is 104 Å². The van der Waals surface area contributed by atoms with E-state index in [1.165, 1.54) is 0 Å². The number of aromatic nitrogens is 2. The lowest BCUT2D eigenvalue weighted by Crippen LogP contribution is -2.48. The highest BCUT2D eigenvalue weighted by Gasteiger charge is 2.30. The standard InChI is InChI=1S/C41H43Cl2N7O2/c1-5-44-41(52)46-32-20-23-49(24-21-32)39-34(13-10-22-45-39)48-40(51)37-36(33-19-18-31(43)25-35(33)47-37)38(26(3)28-11-8-7-9-12-28)50(6-2)27(4)29-14-16-30(42)17-15-29/h6-19,22,25,27,32,47H,2,5,20-21,23-24H2,1,3-4H3,(H,48,51)(H2,44,46,52)/b38-26+. The Labute approximate surface area is 314 Å². The van der Waals surface area contributed by atoms with Gasteiger partial charge in [0, 0.05) is 58.4 Å². The molecule has 11 heteroatoms. The fourth-order valence-corrected chi connectivity index (χ4v) is 7.13. The molecule has 1 unspecified atom stereocenters. The Balaban J connectivity index is 1.42. The smallest absolute Gasteiger partial charge is 0.314 e. The van der Waals surface area contributed by atoms with E-state index in [2.05, 4.69) is 63.3 Å². The first-order valence-corrected chi connectivity index (χ1v) is 18.2. The number of rotatable bonds is 11. The van der Waals surface area contributed by atoms with Crippen LogP contribution in [0.1, 0.15) is 66.8 Å². The van der Waals surface area contributed by atoms with E-state index < -0.39 is 0 Å². The molecular weight excluding hydrogens is 693 g/mol. The first-order valence-electron chi connectivity index (χ1n) is 17.5. The largest absolute Gasteiger partial charge is 0.355 e. The molecule has 0 saturated carbocycles. The Morgan fingerprint density at radius 3 is 2.42 bits per heavy atom. The summed E-state index contributed by atoms with van der Waals surface area (Å²) in [6.45, 7) is 12.2. The second-order valence-electron chi connectivity index (χ2n) is 12.8. The van der Waals surface area contributed by atoms with Crippen LogP contribution >= 0.6 is 23.2 Å². The predicted molar refractivity (Wildman–Crippen MR) is 214 cm³/mol. The molecule has 2 aromatic heterocycles. The molecule has 6 rings (SSSR count). The number of benzene rings is 3. The van der Waals surface area contributed by atoms with Crippen LogP contribution in [0.2, 0.25) is 10.0 Å². The summed E-state index contributed by atoms with van der Waals surface area (Å²) < 4.78 is 0. The molecule has 5 aromatic rings. The van der Waals surface area contributed by atoms with E-state index in [1.54, 1.807) is 12.4 Å². The van der Waals surface area contributed by atoms with Gasteiger partial charge in [0.2, 0.25) is 0 Å². The molecular formula is C41H43Cl2N7O2. The first kappa shape index (κ1) is 36.5. The Morgan fingerprint density at radius 1 is 1.02 bits per heavy atom. The van der Waals surface area contributed by atoms with Gasteiger partial charge in [-0.3, -0.25) is 4.79 Å². The maximum absolute atomic E-state index is 14.7. The van der Waals surface area contributed by atoms with Crippen molar-refractivity contribution < 1.29 is 9.59 Å². The molecule has 268 valence electrons. The minimum atomic E-state index is -0.328. The molecule has 1 fully saturated rings. The summed E-state index contributed by atoms with van der Waals surface area (Å²) in [7, 11) is 0. The summed E-state index contributed by atoms with van der Waals surface area (Å²) in [5, 5.41) is 11.1. The van der Waals surface area contributed by atoms with Gasteiger partial charge in [-0.05, 0) is 92.9 Å². The van der Waals surface area contributed by atoms with Gasteiger partial charge in [-0.2, -0.15) is 0 Å². The molecule has 1 aliphatic heterocycles.